The Morgan fingerprint density at radius 3 is 3.00 bits per heavy atom. The highest BCUT2D eigenvalue weighted by atomic mass is 32.1. The zero-order valence-electron chi connectivity index (χ0n) is 6.84. The molecule has 1 aliphatic rings. The van der Waals surface area contributed by atoms with Crippen LogP contribution in [0, 0.1) is 17.8 Å². The van der Waals surface area contributed by atoms with Crippen LogP contribution in [0.25, 0.3) is 0 Å². The lowest BCUT2D eigenvalue weighted by molar-refractivity contribution is 1.11. The van der Waals surface area contributed by atoms with Gasteiger partial charge in [-0.15, -0.1) is 11.3 Å². The van der Waals surface area contributed by atoms with Crippen LogP contribution in [0.15, 0.2) is 11.4 Å². The van der Waals surface area contributed by atoms with Gasteiger partial charge in [-0.2, -0.15) is 0 Å². The van der Waals surface area contributed by atoms with Crippen LogP contribution in [-0.4, -0.2) is 0 Å². The number of hydrogen-bond acceptors (Lipinski definition) is 2. The zero-order valence-corrected chi connectivity index (χ0v) is 7.66. The zero-order chi connectivity index (χ0) is 8.39. The van der Waals surface area contributed by atoms with Crippen LogP contribution in [0.3, 0.4) is 0 Å². The summed E-state index contributed by atoms with van der Waals surface area (Å²) in [4.78, 5) is 1.22. The molecule has 1 aromatic heterocycles. The summed E-state index contributed by atoms with van der Waals surface area (Å²) in [6, 6.07) is 2.08. The van der Waals surface area contributed by atoms with Crippen molar-refractivity contribution >= 4 is 11.3 Å². The van der Waals surface area contributed by atoms with Crippen LogP contribution in [0.2, 0.25) is 0 Å². The minimum Gasteiger partial charge on any atom is -0.326 e. The molecule has 1 aromatic rings. The number of thiophene rings is 1. The molecule has 1 heterocycles. The molecule has 2 N–H and O–H groups in total. The number of hydrogen-bond donors (Lipinski definition) is 1. The third-order valence-corrected chi connectivity index (χ3v) is 2.81. The first kappa shape index (κ1) is 7.85. The van der Waals surface area contributed by atoms with E-state index in [2.05, 4.69) is 23.3 Å². The predicted molar refractivity (Wildman–Crippen MR) is 51.8 cm³/mol. The first-order valence-electron chi connectivity index (χ1n) is 4.17. The monoisotopic (exact) mass is 177 g/mol. The molecule has 0 saturated heterocycles. The lowest BCUT2D eigenvalue weighted by atomic mass is 10.3. The Hall–Kier alpha value is -0.780. The molecule has 0 amide bonds. The summed E-state index contributed by atoms with van der Waals surface area (Å²) in [6.07, 6.45) is 2.59. The van der Waals surface area contributed by atoms with E-state index in [0.717, 1.165) is 5.56 Å². The van der Waals surface area contributed by atoms with E-state index < -0.39 is 0 Å². The minimum atomic E-state index is 0.635. The first-order chi connectivity index (χ1) is 5.88. The topological polar surface area (TPSA) is 26.0 Å². The summed E-state index contributed by atoms with van der Waals surface area (Å²) >= 11 is 1.69. The van der Waals surface area contributed by atoms with Crippen molar-refractivity contribution in [3.8, 4) is 11.8 Å². The Kier molecular flexibility index (Phi) is 2.16. The summed E-state index contributed by atoms with van der Waals surface area (Å²) in [5.74, 6) is 7.08. The Bertz CT molecular complexity index is 325. The van der Waals surface area contributed by atoms with Gasteiger partial charge in [-0.3, -0.25) is 0 Å². The molecule has 0 aromatic carbocycles. The molecule has 0 bridgehead atoms. The molecular weight excluding hydrogens is 166 g/mol. The molecule has 0 aliphatic heterocycles. The average molecular weight is 177 g/mol. The second-order valence-corrected chi connectivity index (χ2v) is 4.05. The van der Waals surface area contributed by atoms with Gasteiger partial charge in [0.05, 0.1) is 0 Å². The molecule has 1 saturated carbocycles. The molecule has 1 aliphatic carbocycles. The Labute approximate surface area is 76.6 Å². The maximum Gasteiger partial charge on any atom is 0.0355 e. The normalized spacial score (nSPS) is 15.4. The van der Waals surface area contributed by atoms with E-state index >= 15 is 0 Å². The summed E-state index contributed by atoms with van der Waals surface area (Å²) < 4.78 is 0. The van der Waals surface area contributed by atoms with Crippen molar-refractivity contribution in [1.29, 1.82) is 0 Å². The van der Waals surface area contributed by atoms with E-state index in [4.69, 9.17) is 5.73 Å². The summed E-state index contributed by atoms with van der Waals surface area (Å²) in [5.41, 5.74) is 6.63. The lowest BCUT2D eigenvalue weighted by Gasteiger charge is -1.81. The van der Waals surface area contributed by atoms with E-state index in [1.165, 1.54) is 17.7 Å². The molecular formula is C10H11NS. The van der Waals surface area contributed by atoms with Crippen molar-refractivity contribution in [3.05, 3.63) is 21.9 Å². The fourth-order valence-electron chi connectivity index (χ4n) is 0.966. The molecule has 2 rings (SSSR count). The fraction of sp³-hybridized carbons (Fsp3) is 0.400. The van der Waals surface area contributed by atoms with Gasteiger partial charge < -0.3 is 5.73 Å². The maximum atomic E-state index is 5.49. The van der Waals surface area contributed by atoms with Crippen LogP contribution in [0.5, 0.6) is 0 Å². The smallest absolute Gasteiger partial charge is 0.0355 e. The van der Waals surface area contributed by atoms with Crippen LogP contribution in [-0.2, 0) is 6.54 Å². The molecule has 62 valence electrons. The highest BCUT2D eigenvalue weighted by molar-refractivity contribution is 7.10. The molecule has 0 unspecified atom stereocenters. The van der Waals surface area contributed by atoms with E-state index in [0.29, 0.717) is 12.5 Å². The largest absolute Gasteiger partial charge is 0.326 e. The average Bonchev–Trinajstić information content (AvgIpc) is 2.81. The molecule has 0 spiro atoms. The third-order valence-electron chi connectivity index (χ3n) is 1.85. The van der Waals surface area contributed by atoms with Gasteiger partial charge in [0, 0.05) is 28.3 Å². The van der Waals surface area contributed by atoms with Gasteiger partial charge in [0.2, 0.25) is 0 Å². The summed E-state index contributed by atoms with van der Waals surface area (Å²) in [5, 5.41) is 2.08. The van der Waals surface area contributed by atoms with Crippen molar-refractivity contribution in [2.24, 2.45) is 11.7 Å². The predicted octanol–water partition coefficient (Wildman–Crippen LogP) is 1.97. The Balaban J connectivity index is 2.08. The van der Waals surface area contributed by atoms with E-state index in [1.807, 2.05) is 0 Å². The van der Waals surface area contributed by atoms with Crippen molar-refractivity contribution in [3.63, 3.8) is 0 Å². The second-order valence-electron chi connectivity index (χ2n) is 3.05. The minimum absolute atomic E-state index is 0.635. The summed E-state index contributed by atoms with van der Waals surface area (Å²) in [6.45, 7) is 0.635. The van der Waals surface area contributed by atoms with E-state index in [-0.39, 0.29) is 0 Å². The van der Waals surface area contributed by atoms with Crippen molar-refractivity contribution in [2.45, 2.75) is 19.4 Å². The number of nitrogens with two attached hydrogens (primary N) is 1. The fourth-order valence-corrected chi connectivity index (χ4v) is 1.66. The quantitative estimate of drug-likeness (QED) is 0.652. The highest BCUT2D eigenvalue weighted by Crippen LogP contribution is 2.27. The summed E-state index contributed by atoms with van der Waals surface area (Å²) in [7, 11) is 0. The molecule has 12 heavy (non-hydrogen) atoms. The second kappa shape index (κ2) is 3.30. The van der Waals surface area contributed by atoms with Crippen molar-refractivity contribution in [2.75, 3.05) is 0 Å². The van der Waals surface area contributed by atoms with Gasteiger partial charge in [0.25, 0.3) is 0 Å². The third kappa shape index (κ3) is 1.88. The van der Waals surface area contributed by atoms with Crippen molar-refractivity contribution < 1.29 is 0 Å². The van der Waals surface area contributed by atoms with Gasteiger partial charge >= 0.3 is 0 Å². The van der Waals surface area contributed by atoms with Crippen LogP contribution >= 0.6 is 11.3 Å². The molecule has 2 heteroatoms. The highest BCUT2D eigenvalue weighted by Gasteiger charge is 2.17. The van der Waals surface area contributed by atoms with Gasteiger partial charge in [-0.25, -0.2) is 0 Å². The van der Waals surface area contributed by atoms with Gasteiger partial charge in [0.15, 0.2) is 0 Å². The molecule has 0 radical (unpaired) electrons. The van der Waals surface area contributed by atoms with Crippen LogP contribution in [0.4, 0.5) is 0 Å². The molecule has 1 fully saturated rings. The molecule has 0 atom stereocenters. The van der Waals surface area contributed by atoms with Crippen LogP contribution < -0.4 is 5.73 Å². The number of rotatable bonds is 1. The van der Waals surface area contributed by atoms with Crippen molar-refractivity contribution in [1.82, 2.24) is 0 Å². The van der Waals surface area contributed by atoms with E-state index in [9.17, 15) is 0 Å². The Morgan fingerprint density at radius 1 is 1.58 bits per heavy atom. The lowest BCUT2D eigenvalue weighted by Crippen LogP contribution is -1.91. The van der Waals surface area contributed by atoms with Gasteiger partial charge in [-0.05, 0) is 18.9 Å². The maximum absolute atomic E-state index is 5.49. The Morgan fingerprint density at radius 2 is 2.42 bits per heavy atom. The van der Waals surface area contributed by atoms with E-state index in [1.54, 1.807) is 11.3 Å². The molecule has 1 nitrogen and oxygen atoms in total. The first-order valence-corrected chi connectivity index (χ1v) is 5.05. The van der Waals surface area contributed by atoms with Crippen LogP contribution in [0.1, 0.15) is 23.3 Å². The SMILES string of the molecule is NCc1cc(C#CC2CC2)cs1. The standard InChI is InChI=1S/C10H11NS/c11-6-10-5-9(7-12-10)4-3-8-1-2-8/h5,7-8H,1-2,6,11H2. The van der Waals surface area contributed by atoms with Gasteiger partial charge in [0.1, 0.15) is 0 Å². The van der Waals surface area contributed by atoms with Gasteiger partial charge in [-0.1, -0.05) is 11.8 Å².